The zero-order chi connectivity index (χ0) is 15.8. The Labute approximate surface area is 137 Å². The van der Waals surface area contributed by atoms with E-state index >= 15 is 0 Å². The minimum Gasteiger partial charge on any atom is -0.391 e. The smallest absolute Gasteiger partial charge is 0.0695 e. The maximum absolute atomic E-state index is 10.2. The largest absolute Gasteiger partial charge is 0.391 e. The van der Waals surface area contributed by atoms with E-state index in [1.54, 1.807) is 0 Å². The van der Waals surface area contributed by atoms with Crippen molar-refractivity contribution in [2.75, 3.05) is 7.05 Å². The molecule has 1 aliphatic carbocycles. The van der Waals surface area contributed by atoms with E-state index in [1.807, 2.05) is 0 Å². The number of benzene rings is 3. The Hall–Kier alpha value is -1.90. The topological polar surface area (TPSA) is 23.5 Å². The molecule has 0 saturated heterocycles. The summed E-state index contributed by atoms with van der Waals surface area (Å²) >= 11 is 0. The molecule has 0 amide bonds. The number of aliphatic hydroxyl groups is 1. The van der Waals surface area contributed by atoms with Gasteiger partial charge in [-0.1, -0.05) is 48.5 Å². The van der Waals surface area contributed by atoms with Crippen molar-refractivity contribution in [3.05, 3.63) is 60.2 Å². The molecule has 1 N–H and O–H groups in total. The van der Waals surface area contributed by atoms with E-state index in [2.05, 4.69) is 66.5 Å². The molecule has 0 spiro atoms. The van der Waals surface area contributed by atoms with Crippen molar-refractivity contribution in [1.29, 1.82) is 0 Å². The van der Waals surface area contributed by atoms with Gasteiger partial charge in [0.05, 0.1) is 6.10 Å². The van der Waals surface area contributed by atoms with Gasteiger partial charge in [0.2, 0.25) is 0 Å². The van der Waals surface area contributed by atoms with Gasteiger partial charge in [-0.05, 0) is 59.5 Å². The van der Waals surface area contributed by atoms with Crippen LogP contribution in [0.1, 0.15) is 24.8 Å². The van der Waals surface area contributed by atoms with Crippen molar-refractivity contribution in [3.8, 4) is 0 Å². The van der Waals surface area contributed by atoms with Crippen LogP contribution in [0.3, 0.4) is 0 Å². The fraction of sp³-hybridized carbons (Fsp3) is 0.333. The van der Waals surface area contributed by atoms with Crippen LogP contribution < -0.4 is 0 Å². The van der Waals surface area contributed by atoms with Crippen LogP contribution in [0.2, 0.25) is 0 Å². The maximum Gasteiger partial charge on any atom is 0.0695 e. The van der Waals surface area contributed by atoms with Crippen LogP contribution >= 0.6 is 0 Å². The Morgan fingerprint density at radius 1 is 0.957 bits per heavy atom. The average molecular weight is 305 g/mol. The third-order valence-electron chi connectivity index (χ3n) is 5.30. The van der Waals surface area contributed by atoms with Crippen molar-refractivity contribution in [1.82, 2.24) is 4.90 Å². The number of hydrogen-bond donors (Lipinski definition) is 1. The quantitative estimate of drug-likeness (QED) is 0.728. The summed E-state index contributed by atoms with van der Waals surface area (Å²) in [5, 5.41) is 15.5. The number of hydrogen-bond acceptors (Lipinski definition) is 2. The van der Waals surface area contributed by atoms with Crippen molar-refractivity contribution < 1.29 is 5.11 Å². The van der Waals surface area contributed by atoms with E-state index in [0.717, 1.165) is 25.8 Å². The number of fused-ring (bicyclic) bond motifs is 2. The summed E-state index contributed by atoms with van der Waals surface area (Å²) in [4.78, 5) is 2.34. The SMILES string of the molecule is CN(Cc1c2ccccc2cc2ccccc12)[C@@H]1CCC[C@H]1O. The molecule has 23 heavy (non-hydrogen) atoms. The van der Waals surface area contributed by atoms with E-state index in [1.165, 1.54) is 27.1 Å². The molecular weight excluding hydrogens is 282 g/mol. The van der Waals surface area contributed by atoms with Crippen LogP contribution in [-0.4, -0.2) is 29.2 Å². The van der Waals surface area contributed by atoms with Crippen molar-refractivity contribution in [2.24, 2.45) is 0 Å². The molecule has 4 rings (SSSR count). The van der Waals surface area contributed by atoms with E-state index in [0.29, 0.717) is 0 Å². The zero-order valence-electron chi connectivity index (χ0n) is 13.6. The molecule has 2 heteroatoms. The second kappa shape index (κ2) is 5.95. The van der Waals surface area contributed by atoms with Gasteiger partial charge >= 0.3 is 0 Å². The van der Waals surface area contributed by atoms with Gasteiger partial charge in [0.1, 0.15) is 0 Å². The van der Waals surface area contributed by atoms with Crippen LogP contribution in [0, 0.1) is 0 Å². The molecule has 0 heterocycles. The zero-order valence-corrected chi connectivity index (χ0v) is 13.6. The number of rotatable bonds is 3. The normalized spacial score (nSPS) is 21.5. The second-order valence-corrected chi connectivity index (χ2v) is 6.78. The van der Waals surface area contributed by atoms with E-state index in [-0.39, 0.29) is 12.1 Å². The minimum atomic E-state index is -0.179. The van der Waals surface area contributed by atoms with Gasteiger partial charge in [-0.25, -0.2) is 0 Å². The molecular formula is C21H23NO. The van der Waals surface area contributed by atoms with Gasteiger partial charge in [-0.3, -0.25) is 4.90 Å². The lowest BCUT2D eigenvalue weighted by Crippen LogP contribution is -2.37. The molecule has 0 aromatic heterocycles. The molecule has 3 aromatic carbocycles. The van der Waals surface area contributed by atoms with Gasteiger partial charge in [0.25, 0.3) is 0 Å². The van der Waals surface area contributed by atoms with Gasteiger partial charge in [-0.2, -0.15) is 0 Å². The van der Waals surface area contributed by atoms with E-state index in [9.17, 15) is 5.11 Å². The predicted octanol–water partition coefficient (Wildman–Crippen LogP) is 4.34. The number of aliphatic hydroxyl groups excluding tert-OH is 1. The Bertz CT molecular complexity index is 787. The van der Waals surface area contributed by atoms with Crippen LogP contribution in [0.25, 0.3) is 21.5 Å². The van der Waals surface area contributed by atoms with Crippen molar-refractivity contribution in [3.63, 3.8) is 0 Å². The fourth-order valence-electron chi connectivity index (χ4n) is 4.08. The first-order chi connectivity index (χ1) is 11.2. The van der Waals surface area contributed by atoms with Gasteiger partial charge in [-0.15, -0.1) is 0 Å². The first-order valence-corrected chi connectivity index (χ1v) is 8.52. The summed E-state index contributed by atoms with van der Waals surface area (Å²) in [7, 11) is 2.15. The number of likely N-dealkylation sites (N-methyl/N-ethyl adjacent to an activating group) is 1. The first-order valence-electron chi connectivity index (χ1n) is 8.52. The Morgan fingerprint density at radius 3 is 2.13 bits per heavy atom. The standard InChI is InChI=1S/C21H23NO/c1-22(20-11-6-12-21(20)23)14-19-17-9-4-2-7-15(17)13-16-8-3-5-10-18(16)19/h2-5,7-10,13,20-21,23H,6,11-12,14H2,1H3/t20-,21-/m1/s1. The molecule has 1 saturated carbocycles. The van der Waals surface area contributed by atoms with E-state index < -0.39 is 0 Å². The van der Waals surface area contributed by atoms with Gasteiger partial charge < -0.3 is 5.11 Å². The summed E-state index contributed by atoms with van der Waals surface area (Å²) in [6.45, 7) is 0.879. The van der Waals surface area contributed by atoms with Crippen LogP contribution in [0.15, 0.2) is 54.6 Å². The molecule has 0 aliphatic heterocycles. The molecule has 118 valence electrons. The van der Waals surface area contributed by atoms with E-state index in [4.69, 9.17) is 0 Å². The summed E-state index contributed by atoms with van der Waals surface area (Å²) in [6, 6.07) is 19.8. The first kappa shape index (κ1) is 14.7. The molecule has 0 radical (unpaired) electrons. The van der Waals surface area contributed by atoms with Gasteiger partial charge in [0, 0.05) is 12.6 Å². The Balaban J connectivity index is 1.82. The molecule has 2 nitrogen and oxygen atoms in total. The fourth-order valence-corrected chi connectivity index (χ4v) is 4.08. The highest BCUT2D eigenvalue weighted by molar-refractivity contribution is 6.02. The Morgan fingerprint density at radius 2 is 1.57 bits per heavy atom. The third-order valence-corrected chi connectivity index (χ3v) is 5.30. The lowest BCUT2D eigenvalue weighted by atomic mass is 9.96. The maximum atomic E-state index is 10.2. The summed E-state index contributed by atoms with van der Waals surface area (Å²) < 4.78 is 0. The number of nitrogens with zero attached hydrogens (tertiary/aromatic N) is 1. The summed E-state index contributed by atoms with van der Waals surface area (Å²) in [5.41, 5.74) is 1.38. The lowest BCUT2D eigenvalue weighted by molar-refractivity contribution is 0.0829. The van der Waals surface area contributed by atoms with Crippen LogP contribution in [-0.2, 0) is 6.54 Å². The summed E-state index contributed by atoms with van der Waals surface area (Å²) in [5.74, 6) is 0. The highest BCUT2D eigenvalue weighted by atomic mass is 16.3. The highest BCUT2D eigenvalue weighted by Crippen LogP contribution is 2.31. The minimum absolute atomic E-state index is 0.179. The van der Waals surface area contributed by atoms with Crippen LogP contribution in [0.5, 0.6) is 0 Å². The lowest BCUT2D eigenvalue weighted by Gasteiger charge is -2.28. The van der Waals surface area contributed by atoms with Crippen molar-refractivity contribution >= 4 is 21.5 Å². The molecule has 1 aliphatic rings. The molecule has 2 atom stereocenters. The van der Waals surface area contributed by atoms with Crippen LogP contribution in [0.4, 0.5) is 0 Å². The van der Waals surface area contributed by atoms with Gasteiger partial charge in [0.15, 0.2) is 0 Å². The third kappa shape index (κ3) is 2.62. The Kier molecular flexibility index (Phi) is 3.80. The van der Waals surface area contributed by atoms with Crippen molar-refractivity contribution in [2.45, 2.75) is 38.0 Å². The monoisotopic (exact) mass is 305 g/mol. The molecule has 0 unspecified atom stereocenters. The summed E-state index contributed by atoms with van der Waals surface area (Å²) in [6.07, 6.45) is 2.99. The second-order valence-electron chi connectivity index (χ2n) is 6.78. The highest BCUT2D eigenvalue weighted by Gasteiger charge is 2.29. The average Bonchev–Trinajstić information content (AvgIpc) is 3.00. The predicted molar refractivity (Wildman–Crippen MR) is 96.6 cm³/mol. The molecule has 3 aromatic rings. The molecule has 1 fully saturated rings. The molecule has 0 bridgehead atoms.